The standard InChI is InChI=1S/C18H24N4O5S/c1-12(2)27-17-10-16(20-21-17)19-18(24)13-5-3-7-15(9-13)28(25,26)22-8-4-6-14(23)11-22/h3,5,7,9-10,12,14,23H,4,6,8,11H2,1-2H3,(H2,19,20,21,24). The number of aromatic nitrogens is 2. The number of aromatic amines is 1. The van der Waals surface area contributed by atoms with Crippen molar-refractivity contribution in [3.05, 3.63) is 35.9 Å². The molecule has 1 fully saturated rings. The summed E-state index contributed by atoms with van der Waals surface area (Å²) < 4.78 is 32.3. The molecule has 2 aromatic rings. The number of aliphatic hydroxyl groups is 1. The third-order valence-corrected chi connectivity index (χ3v) is 6.11. The average molecular weight is 408 g/mol. The Balaban J connectivity index is 1.75. The number of nitrogens with one attached hydrogen (secondary N) is 2. The number of hydrogen-bond acceptors (Lipinski definition) is 6. The minimum Gasteiger partial charge on any atom is -0.474 e. The third kappa shape index (κ3) is 4.70. The number of sulfonamides is 1. The monoisotopic (exact) mass is 408 g/mol. The van der Waals surface area contributed by atoms with Crippen LogP contribution in [-0.4, -0.2) is 59.2 Å². The van der Waals surface area contributed by atoms with Gasteiger partial charge in [0.25, 0.3) is 5.91 Å². The second kappa shape index (κ2) is 8.29. The Morgan fingerprint density at radius 2 is 2.18 bits per heavy atom. The van der Waals surface area contributed by atoms with Crippen LogP contribution in [0.25, 0.3) is 0 Å². The maximum atomic E-state index is 12.8. The highest BCUT2D eigenvalue weighted by atomic mass is 32.2. The molecule has 2 heterocycles. The van der Waals surface area contributed by atoms with E-state index in [0.29, 0.717) is 31.1 Å². The van der Waals surface area contributed by atoms with E-state index in [4.69, 9.17) is 4.74 Å². The van der Waals surface area contributed by atoms with Crippen LogP contribution in [0.1, 0.15) is 37.0 Å². The second-order valence-electron chi connectivity index (χ2n) is 6.93. The third-order valence-electron chi connectivity index (χ3n) is 4.25. The normalized spacial score (nSPS) is 18.2. The quantitative estimate of drug-likeness (QED) is 0.667. The van der Waals surface area contributed by atoms with Crippen molar-refractivity contribution in [2.75, 3.05) is 18.4 Å². The van der Waals surface area contributed by atoms with Crippen LogP contribution in [0.15, 0.2) is 35.2 Å². The van der Waals surface area contributed by atoms with Crippen LogP contribution >= 0.6 is 0 Å². The highest BCUT2D eigenvalue weighted by molar-refractivity contribution is 7.89. The predicted molar refractivity (Wildman–Crippen MR) is 103 cm³/mol. The van der Waals surface area contributed by atoms with Gasteiger partial charge < -0.3 is 15.2 Å². The molecule has 0 aliphatic carbocycles. The van der Waals surface area contributed by atoms with Gasteiger partial charge in [-0.15, -0.1) is 5.10 Å². The van der Waals surface area contributed by atoms with Crippen LogP contribution in [0, 0.1) is 0 Å². The number of hydrogen-bond donors (Lipinski definition) is 3. The van der Waals surface area contributed by atoms with Gasteiger partial charge in [0.15, 0.2) is 0 Å². The van der Waals surface area contributed by atoms with Crippen molar-refractivity contribution >= 4 is 21.7 Å². The number of H-pyrrole nitrogens is 1. The van der Waals surface area contributed by atoms with E-state index in [9.17, 15) is 18.3 Å². The molecule has 0 radical (unpaired) electrons. The van der Waals surface area contributed by atoms with Gasteiger partial charge in [0.2, 0.25) is 15.9 Å². The van der Waals surface area contributed by atoms with Gasteiger partial charge in [0.05, 0.1) is 17.1 Å². The first-order valence-corrected chi connectivity index (χ1v) is 10.5. The molecule has 1 aliphatic rings. The lowest BCUT2D eigenvalue weighted by molar-refractivity contribution is 0.102. The number of piperidine rings is 1. The molecule has 152 valence electrons. The van der Waals surface area contributed by atoms with Crippen LogP contribution in [0.4, 0.5) is 5.82 Å². The first-order chi connectivity index (χ1) is 13.3. The molecule has 28 heavy (non-hydrogen) atoms. The summed E-state index contributed by atoms with van der Waals surface area (Å²) in [6.45, 7) is 4.13. The Hall–Kier alpha value is -2.43. The molecule has 1 unspecified atom stereocenters. The fourth-order valence-corrected chi connectivity index (χ4v) is 4.51. The maximum Gasteiger partial charge on any atom is 0.256 e. The number of carbonyl (C=O) groups is 1. The van der Waals surface area contributed by atoms with E-state index in [0.717, 1.165) is 0 Å². The van der Waals surface area contributed by atoms with Crippen molar-refractivity contribution in [2.24, 2.45) is 0 Å². The van der Waals surface area contributed by atoms with Crippen molar-refractivity contribution in [2.45, 2.75) is 43.8 Å². The highest BCUT2D eigenvalue weighted by Crippen LogP contribution is 2.22. The van der Waals surface area contributed by atoms with Gasteiger partial charge in [-0.25, -0.2) is 8.42 Å². The number of nitrogens with zero attached hydrogens (tertiary/aromatic N) is 2. The van der Waals surface area contributed by atoms with Crippen LogP contribution in [0.2, 0.25) is 0 Å². The van der Waals surface area contributed by atoms with Gasteiger partial charge in [-0.1, -0.05) is 6.07 Å². The molecule has 3 N–H and O–H groups in total. The van der Waals surface area contributed by atoms with Gasteiger partial charge in [0, 0.05) is 24.7 Å². The van der Waals surface area contributed by atoms with Crippen molar-refractivity contribution in [3.63, 3.8) is 0 Å². The summed E-state index contributed by atoms with van der Waals surface area (Å²) in [5.74, 6) is 0.217. The molecule has 1 saturated heterocycles. The van der Waals surface area contributed by atoms with Gasteiger partial charge >= 0.3 is 0 Å². The van der Waals surface area contributed by atoms with E-state index in [1.165, 1.54) is 28.6 Å². The molecular weight excluding hydrogens is 384 g/mol. The van der Waals surface area contributed by atoms with Crippen LogP contribution in [-0.2, 0) is 10.0 Å². The van der Waals surface area contributed by atoms with Gasteiger partial charge in [0.1, 0.15) is 5.82 Å². The highest BCUT2D eigenvalue weighted by Gasteiger charge is 2.29. The Kier molecular flexibility index (Phi) is 6.01. The number of benzene rings is 1. The number of ether oxygens (including phenoxy) is 1. The van der Waals surface area contributed by atoms with Crippen LogP contribution in [0.3, 0.4) is 0 Å². The summed E-state index contributed by atoms with van der Waals surface area (Å²) in [6, 6.07) is 7.36. The fourth-order valence-electron chi connectivity index (χ4n) is 2.95. The van der Waals surface area contributed by atoms with Gasteiger partial charge in [-0.05, 0) is 44.9 Å². The molecule has 1 amide bonds. The molecule has 1 aromatic heterocycles. The summed E-state index contributed by atoms with van der Waals surface area (Å²) in [7, 11) is -3.78. The number of amides is 1. The lowest BCUT2D eigenvalue weighted by Crippen LogP contribution is -2.42. The molecule has 0 bridgehead atoms. The zero-order chi connectivity index (χ0) is 20.3. The number of anilines is 1. The lowest BCUT2D eigenvalue weighted by Gasteiger charge is -2.29. The predicted octanol–water partition coefficient (Wildman–Crippen LogP) is 1.59. The Morgan fingerprint density at radius 1 is 1.39 bits per heavy atom. The zero-order valence-corrected chi connectivity index (χ0v) is 16.6. The van der Waals surface area contributed by atoms with Crippen molar-refractivity contribution in [1.29, 1.82) is 0 Å². The fraction of sp³-hybridized carbons (Fsp3) is 0.444. The number of carbonyl (C=O) groups excluding carboxylic acids is 1. The number of aliphatic hydroxyl groups excluding tert-OH is 1. The topological polar surface area (TPSA) is 125 Å². The molecule has 1 atom stereocenters. The first-order valence-electron chi connectivity index (χ1n) is 9.07. The Morgan fingerprint density at radius 3 is 2.89 bits per heavy atom. The summed E-state index contributed by atoms with van der Waals surface area (Å²) in [5, 5.41) is 19.0. The maximum absolute atomic E-state index is 12.8. The van der Waals surface area contributed by atoms with E-state index in [1.807, 2.05) is 13.8 Å². The minimum atomic E-state index is -3.78. The van der Waals surface area contributed by atoms with Crippen molar-refractivity contribution < 1.29 is 23.1 Å². The van der Waals surface area contributed by atoms with E-state index in [1.54, 1.807) is 6.07 Å². The minimum absolute atomic E-state index is 0.0164. The van der Waals surface area contributed by atoms with Gasteiger partial charge in [-0.3, -0.25) is 9.89 Å². The molecular formula is C18H24N4O5S. The largest absolute Gasteiger partial charge is 0.474 e. The van der Waals surface area contributed by atoms with Crippen LogP contribution < -0.4 is 10.1 Å². The summed E-state index contributed by atoms with van der Waals surface area (Å²) in [5.41, 5.74) is 0.194. The van der Waals surface area contributed by atoms with Crippen molar-refractivity contribution in [3.8, 4) is 5.88 Å². The second-order valence-corrected chi connectivity index (χ2v) is 8.87. The Labute approximate surface area is 163 Å². The SMILES string of the molecule is CC(C)Oc1cc(NC(=O)c2cccc(S(=O)(=O)N3CCCC(O)C3)c2)[nH]n1. The molecule has 9 nitrogen and oxygen atoms in total. The van der Waals surface area contributed by atoms with E-state index < -0.39 is 22.0 Å². The first kappa shape index (κ1) is 20.3. The molecule has 0 saturated carbocycles. The lowest BCUT2D eigenvalue weighted by atomic mass is 10.1. The Bertz CT molecular complexity index is 941. The number of β-amino-alcohol motifs (C(OH)–C–C–N with tert-alkyl or cyclic N) is 1. The molecule has 0 spiro atoms. The summed E-state index contributed by atoms with van der Waals surface area (Å²) >= 11 is 0. The molecule has 10 heteroatoms. The number of rotatable bonds is 6. The summed E-state index contributed by atoms with van der Waals surface area (Å²) in [6.07, 6.45) is 0.460. The van der Waals surface area contributed by atoms with E-state index in [-0.39, 0.29) is 23.1 Å². The zero-order valence-electron chi connectivity index (χ0n) is 15.8. The molecule has 3 rings (SSSR count). The smallest absolute Gasteiger partial charge is 0.256 e. The van der Waals surface area contributed by atoms with E-state index in [2.05, 4.69) is 15.5 Å². The van der Waals surface area contributed by atoms with Crippen LogP contribution in [0.5, 0.6) is 5.88 Å². The van der Waals surface area contributed by atoms with Crippen molar-refractivity contribution in [1.82, 2.24) is 14.5 Å². The van der Waals surface area contributed by atoms with Gasteiger partial charge in [-0.2, -0.15) is 4.31 Å². The summed E-state index contributed by atoms with van der Waals surface area (Å²) in [4.78, 5) is 12.5. The molecule has 1 aliphatic heterocycles. The molecule has 1 aromatic carbocycles. The average Bonchev–Trinajstić information content (AvgIpc) is 3.08. The van der Waals surface area contributed by atoms with E-state index >= 15 is 0 Å².